The number of carbonyl (C=O) groups is 1. The van der Waals surface area contributed by atoms with E-state index in [4.69, 9.17) is 0 Å². The molecule has 2 aromatic rings. The standard InChI is InChI=1S/C14H19N5O/c1-11-8-12(19-10-16-9-17-19)4-5-13(11)14(20)18(3)7-6-15-2/h4-5,8-10,15H,6-7H2,1-3H3. The minimum atomic E-state index is 0.0305. The Morgan fingerprint density at radius 1 is 1.45 bits per heavy atom. The molecule has 0 saturated carbocycles. The maximum absolute atomic E-state index is 12.3. The first-order chi connectivity index (χ1) is 9.63. The number of rotatable bonds is 5. The predicted molar refractivity (Wildman–Crippen MR) is 77.0 cm³/mol. The first-order valence-corrected chi connectivity index (χ1v) is 6.49. The van der Waals surface area contributed by atoms with Crippen molar-refractivity contribution in [3.8, 4) is 5.69 Å². The van der Waals surface area contributed by atoms with E-state index in [0.717, 1.165) is 17.8 Å². The fraction of sp³-hybridized carbons (Fsp3) is 0.357. The zero-order valence-corrected chi connectivity index (χ0v) is 12.0. The number of hydrogen-bond donors (Lipinski definition) is 1. The topological polar surface area (TPSA) is 63.1 Å². The highest BCUT2D eigenvalue weighted by Gasteiger charge is 2.14. The van der Waals surface area contributed by atoms with Crippen LogP contribution in [-0.4, -0.2) is 52.8 Å². The highest BCUT2D eigenvalue weighted by atomic mass is 16.2. The highest BCUT2D eigenvalue weighted by molar-refractivity contribution is 5.95. The average Bonchev–Trinajstić information content (AvgIpc) is 2.98. The lowest BCUT2D eigenvalue weighted by Crippen LogP contribution is -2.33. The van der Waals surface area contributed by atoms with Gasteiger partial charge in [-0.15, -0.1) is 0 Å². The van der Waals surface area contributed by atoms with Gasteiger partial charge >= 0.3 is 0 Å². The van der Waals surface area contributed by atoms with Gasteiger partial charge < -0.3 is 10.2 Å². The van der Waals surface area contributed by atoms with E-state index in [2.05, 4.69) is 15.4 Å². The first kappa shape index (κ1) is 14.2. The van der Waals surface area contributed by atoms with Crippen LogP contribution in [0, 0.1) is 6.92 Å². The first-order valence-electron chi connectivity index (χ1n) is 6.49. The lowest BCUT2D eigenvalue weighted by molar-refractivity contribution is 0.0796. The molecule has 1 aromatic carbocycles. The van der Waals surface area contributed by atoms with Gasteiger partial charge in [0.15, 0.2) is 0 Å². The molecule has 0 aliphatic carbocycles. The van der Waals surface area contributed by atoms with E-state index in [-0.39, 0.29) is 5.91 Å². The summed E-state index contributed by atoms with van der Waals surface area (Å²) in [5.74, 6) is 0.0305. The lowest BCUT2D eigenvalue weighted by Gasteiger charge is -2.18. The van der Waals surface area contributed by atoms with Gasteiger partial charge in [-0.3, -0.25) is 4.79 Å². The van der Waals surface area contributed by atoms with Crippen LogP contribution in [0.3, 0.4) is 0 Å². The quantitative estimate of drug-likeness (QED) is 0.878. The molecule has 0 unspecified atom stereocenters. The van der Waals surface area contributed by atoms with Crippen LogP contribution in [0.2, 0.25) is 0 Å². The molecule has 0 aliphatic rings. The van der Waals surface area contributed by atoms with Crippen LogP contribution in [-0.2, 0) is 0 Å². The molecule has 6 nitrogen and oxygen atoms in total. The summed E-state index contributed by atoms with van der Waals surface area (Å²) in [4.78, 5) is 18.0. The second kappa shape index (κ2) is 6.29. The number of carbonyl (C=O) groups excluding carboxylic acids is 1. The summed E-state index contributed by atoms with van der Waals surface area (Å²) in [7, 11) is 3.68. The molecule has 2 rings (SSSR count). The molecule has 6 heteroatoms. The lowest BCUT2D eigenvalue weighted by atomic mass is 10.1. The van der Waals surface area contributed by atoms with Gasteiger partial charge in [0.1, 0.15) is 12.7 Å². The summed E-state index contributed by atoms with van der Waals surface area (Å²) in [5.41, 5.74) is 2.54. The van der Waals surface area contributed by atoms with Crippen molar-refractivity contribution in [2.24, 2.45) is 0 Å². The number of likely N-dealkylation sites (N-methyl/N-ethyl adjacent to an activating group) is 2. The molecule has 1 N–H and O–H groups in total. The Morgan fingerprint density at radius 3 is 2.85 bits per heavy atom. The van der Waals surface area contributed by atoms with Gasteiger partial charge in [-0.1, -0.05) is 0 Å². The van der Waals surface area contributed by atoms with Crippen molar-refractivity contribution in [2.45, 2.75) is 6.92 Å². The van der Waals surface area contributed by atoms with Crippen LogP contribution in [0.5, 0.6) is 0 Å². The van der Waals surface area contributed by atoms with Crippen molar-refractivity contribution in [3.05, 3.63) is 42.0 Å². The molecule has 0 fully saturated rings. The third kappa shape index (κ3) is 3.03. The predicted octanol–water partition coefficient (Wildman–Crippen LogP) is 0.867. The maximum atomic E-state index is 12.3. The Morgan fingerprint density at radius 2 is 2.25 bits per heavy atom. The minimum absolute atomic E-state index is 0.0305. The second-order valence-corrected chi connectivity index (χ2v) is 4.67. The van der Waals surface area contributed by atoms with Crippen molar-refractivity contribution in [1.82, 2.24) is 25.0 Å². The van der Waals surface area contributed by atoms with Gasteiger partial charge in [0, 0.05) is 25.7 Å². The fourth-order valence-corrected chi connectivity index (χ4v) is 1.96. The Balaban J connectivity index is 2.19. The van der Waals surface area contributed by atoms with E-state index in [9.17, 15) is 4.79 Å². The maximum Gasteiger partial charge on any atom is 0.253 e. The summed E-state index contributed by atoms with van der Waals surface area (Å²) >= 11 is 0. The number of aromatic nitrogens is 3. The number of aryl methyl sites for hydroxylation is 1. The van der Waals surface area contributed by atoms with Gasteiger partial charge in [-0.2, -0.15) is 5.10 Å². The van der Waals surface area contributed by atoms with Crippen LogP contribution in [0.4, 0.5) is 0 Å². The van der Waals surface area contributed by atoms with Gasteiger partial charge in [-0.25, -0.2) is 9.67 Å². The summed E-state index contributed by atoms with van der Waals surface area (Å²) in [6, 6.07) is 5.65. The van der Waals surface area contributed by atoms with Gasteiger partial charge in [0.05, 0.1) is 5.69 Å². The van der Waals surface area contributed by atoms with Crippen LogP contribution in [0.1, 0.15) is 15.9 Å². The summed E-state index contributed by atoms with van der Waals surface area (Å²) in [5, 5.41) is 7.11. The van der Waals surface area contributed by atoms with Gasteiger partial charge in [0.2, 0.25) is 0 Å². The molecule has 1 amide bonds. The molecule has 0 aliphatic heterocycles. The third-order valence-electron chi connectivity index (χ3n) is 3.17. The summed E-state index contributed by atoms with van der Waals surface area (Å²) < 4.78 is 1.67. The molecule has 0 radical (unpaired) electrons. The third-order valence-corrected chi connectivity index (χ3v) is 3.17. The largest absolute Gasteiger partial charge is 0.340 e. The molecule has 20 heavy (non-hydrogen) atoms. The van der Waals surface area contributed by atoms with Crippen LogP contribution in [0.25, 0.3) is 5.69 Å². The molecular weight excluding hydrogens is 254 g/mol. The molecule has 0 atom stereocenters. The monoisotopic (exact) mass is 273 g/mol. The number of amides is 1. The molecule has 1 aromatic heterocycles. The minimum Gasteiger partial charge on any atom is -0.340 e. The van der Waals surface area contributed by atoms with Crippen molar-refractivity contribution in [2.75, 3.05) is 27.2 Å². The van der Waals surface area contributed by atoms with Gasteiger partial charge in [-0.05, 0) is 37.7 Å². The van der Waals surface area contributed by atoms with E-state index >= 15 is 0 Å². The number of nitrogens with one attached hydrogen (secondary N) is 1. The molecule has 1 heterocycles. The number of benzene rings is 1. The summed E-state index contributed by atoms with van der Waals surface area (Å²) in [6.45, 7) is 3.39. The zero-order chi connectivity index (χ0) is 14.5. The van der Waals surface area contributed by atoms with E-state index in [0.29, 0.717) is 12.1 Å². The summed E-state index contributed by atoms with van der Waals surface area (Å²) in [6.07, 6.45) is 3.12. The van der Waals surface area contributed by atoms with Crippen molar-refractivity contribution in [1.29, 1.82) is 0 Å². The second-order valence-electron chi connectivity index (χ2n) is 4.67. The normalized spacial score (nSPS) is 10.6. The number of hydrogen-bond acceptors (Lipinski definition) is 4. The van der Waals surface area contributed by atoms with E-state index in [1.807, 2.05) is 39.2 Å². The van der Waals surface area contributed by atoms with Crippen molar-refractivity contribution >= 4 is 5.91 Å². The van der Waals surface area contributed by atoms with Crippen LogP contribution < -0.4 is 5.32 Å². The Kier molecular flexibility index (Phi) is 4.47. The Hall–Kier alpha value is -2.21. The molecule has 0 saturated heterocycles. The Bertz CT molecular complexity index is 579. The average molecular weight is 273 g/mol. The van der Waals surface area contributed by atoms with E-state index in [1.165, 1.54) is 6.33 Å². The zero-order valence-electron chi connectivity index (χ0n) is 12.0. The van der Waals surface area contributed by atoms with Crippen LogP contribution >= 0.6 is 0 Å². The molecular formula is C14H19N5O. The van der Waals surface area contributed by atoms with E-state index in [1.54, 1.807) is 15.9 Å². The highest BCUT2D eigenvalue weighted by Crippen LogP contribution is 2.15. The van der Waals surface area contributed by atoms with E-state index < -0.39 is 0 Å². The van der Waals surface area contributed by atoms with Crippen molar-refractivity contribution < 1.29 is 4.79 Å². The molecule has 0 spiro atoms. The number of nitrogens with zero attached hydrogens (tertiary/aromatic N) is 4. The SMILES string of the molecule is CNCCN(C)C(=O)c1ccc(-n2cncn2)cc1C. The molecule has 106 valence electrons. The van der Waals surface area contributed by atoms with Crippen molar-refractivity contribution in [3.63, 3.8) is 0 Å². The fourth-order valence-electron chi connectivity index (χ4n) is 1.96. The van der Waals surface area contributed by atoms with Gasteiger partial charge in [0.25, 0.3) is 5.91 Å². The van der Waals surface area contributed by atoms with Crippen LogP contribution in [0.15, 0.2) is 30.9 Å². The smallest absolute Gasteiger partial charge is 0.253 e. The molecule has 0 bridgehead atoms. The Labute approximate surface area is 118 Å².